The Morgan fingerprint density at radius 1 is 0.786 bits per heavy atom. The van der Waals surface area contributed by atoms with Crippen LogP contribution in [-0.4, -0.2) is 11.6 Å². The van der Waals surface area contributed by atoms with E-state index in [2.05, 4.69) is 48.5 Å². The molecule has 0 aromatic rings. The minimum absolute atomic E-state index is 0.0805. The lowest BCUT2D eigenvalue weighted by atomic mass is 9.67. The van der Waals surface area contributed by atoms with Gasteiger partial charge in [0.2, 0.25) is 0 Å². The van der Waals surface area contributed by atoms with Crippen LogP contribution in [0, 0.1) is 51.2 Å². The SMILES string of the molecule is CCCC(C(=O)C12CC(C)CCC1C2(C)C)C(=O)C12CC(C)CCC1C2(C)C. The third-order valence-corrected chi connectivity index (χ3v) is 10.4. The highest BCUT2D eigenvalue weighted by atomic mass is 16.2. The van der Waals surface area contributed by atoms with Crippen molar-refractivity contribution in [3.05, 3.63) is 0 Å². The van der Waals surface area contributed by atoms with Gasteiger partial charge in [-0.05, 0) is 66.6 Å². The molecule has 0 spiro atoms. The van der Waals surface area contributed by atoms with Crippen molar-refractivity contribution in [1.29, 1.82) is 0 Å². The van der Waals surface area contributed by atoms with Crippen LogP contribution < -0.4 is 0 Å². The predicted molar refractivity (Wildman–Crippen MR) is 114 cm³/mol. The third-order valence-electron chi connectivity index (χ3n) is 10.4. The van der Waals surface area contributed by atoms with Crippen LogP contribution >= 0.6 is 0 Å². The highest BCUT2D eigenvalue weighted by molar-refractivity contribution is 6.10. The number of fused-ring (bicyclic) bond motifs is 2. The van der Waals surface area contributed by atoms with Gasteiger partial charge in [-0.3, -0.25) is 9.59 Å². The van der Waals surface area contributed by atoms with E-state index in [9.17, 15) is 9.59 Å². The molecule has 0 aromatic carbocycles. The summed E-state index contributed by atoms with van der Waals surface area (Å²) in [5.74, 6) is 2.55. The van der Waals surface area contributed by atoms with Crippen LogP contribution in [0.4, 0.5) is 0 Å². The van der Waals surface area contributed by atoms with E-state index in [1.165, 1.54) is 25.7 Å². The fourth-order valence-electron chi connectivity index (χ4n) is 8.63. The summed E-state index contributed by atoms with van der Waals surface area (Å²) >= 11 is 0. The van der Waals surface area contributed by atoms with E-state index in [1.54, 1.807) is 0 Å². The van der Waals surface area contributed by atoms with Crippen molar-refractivity contribution in [3.8, 4) is 0 Å². The highest BCUT2D eigenvalue weighted by Crippen LogP contribution is 2.79. The molecule has 0 N–H and O–H groups in total. The van der Waals surface area contributed by atoms with E-state index >= 15 is 0 Å². The molecule has 158 valence electrons. The van der Waals surface area contributed by atoms with Crippen LogP contribution in [-0.2, 0) is 9.59 Å². The second-order valence-electron chi connectivity index (χ2n) is 12.3. The average molecular weight is 387 g/mol. The van der Waals surface area contributed by atoms with Gasteiger partial charge in [0, 0.05) is 10.8 Å². The molecule has 0 bridgehead atoms. The Balaban J connectivity index is 1.67. The lowest BCUT2D eigenvalue weighted by molar-refractivity contribution is -0.142. The molecule has 0 radical (unpaired) electrons. The normalized spacial score (nSPS) is 46.1. The molecule has 28 heavy (non-hydrogen) atoms. The van der Waals surface area contributed by atoms with Crippen LogP contribution in [0.3, 0.4) is 0 Å². The van der Waals surface area contributed by atoms with Gasteiger partial charge in [0.25, 0.3) is 0 Å². The van der Waals surface area contributed by atoms with E-state index in [-0.39, 0.29) is 27.6 Å². The molecule has 0 heterocycles. The van der Waals surface area contributed by atoms with Crippen LogP contribution in [0.2, 0.25) is 0 Å². The maximum Gasteiger partial charge on any atom is 0.150 e. The summed E-state index contributed by atoms with van der Waals surface area (Å²) in [6.07, 6.45) is 8.52. The Morgan fingerprint density at radius 3 is 1.54 bits per heavy atom. The van der Waals surface area contributed by atoms with Crippen molar-refractivity contribution < 1.29 is 9.59 Å². The average Bonchev–Trinajstić information content (AvgIpc) is 3.34. The van der Waals surface area contributed by atoms with Crippen LogP contribution in [0.5, 0.6) is 0 Å². The highest BCUT2D eigenvalue weighted by Gasteiger charge is 2.79. The van der Waals surface area contributed by atoms with Gasteiger partial charge < -0.3 is 0 Å². The Morgan fingerprint density at radius 2 is 1.18 bits per heavy atom. The van der Waals surface area contributed by atoms with Crippen LogP contribution in [0.25, 0.3) is 0 Å². The summed E-state index contributed by atoms with van der Waals surface area (Å²) in [5, 5.41) is 0. The zero-order chi connectivity index (χ0) is 20.7. The monoisotopic (exact) mass is 386 g/mol. The molecule has 6 atom stereocenters. The van der Waals surface area contributed by atoms with Crippen molar-refractivity contribution >= 4 is 11.6 Å². The summed E-state index contributed by atoms with van der Waals surface area (Å²) < 4.78 is 0. The van der Waals surface area contributed by atoms with Crippen molar-refractivity contribution in [2.24, 2.45) is 51.2 Å². The number of carbonyl (C=O) groups is 2. The summed E-state index contributed by atoms with van der Waals surface area (Å²) in [6.45, 7) is 15.9. The lowest BCUT2D eigenvalue weighted by Gasteiger charge is -2.34. The summed E-state index contributed by atoms with van der Waals surface area (Å²) in [5.41, 5.74) is -0.272. The van der Waals surface area contributed by atoms with Crippen molar-refractivity contribution in [2.75, 3.05) is 0 Å². The molecular weight excluding hydrogens is 344 g/mol. The van der Waals surface area contributed by atoms with Crippen molar-refractivity contribution in [1.82, 2.24) is 0 Å². The Labute approximate surface area is 172 Å². The fourth-order valence-corrected chi connectivity index (χ4v) is 8.63. The number of carbonyl (C=O) groups excluding carboxylic acids is 2. The number of ketones is 2. The zero-order valence-corrected chi connectivity index (χ0v) is 19.4. The molecule has 6 unspecified atom stereocenters. The van der Waals surface area contributed by atoms with Crippen LogP contribution in [0.1, 0.15) is 99.8 Å². The predicted octanol–water partition coefficient (Wildman–Crippen LogP) is 6.47. The van der Waals surface area contributed by atoms with E-state index in [1.807, 2.05) is 0 Å². The van der Waals surface area contributed by atoms with E-state index in [0.717, 1.165) is 25.7 Å². The molecule has 4 saturated carbocycles. The first-order valence-electron chi connectivity index (χ1n) is 12.1. The quantitative estimate of drug-likeness (QED) is 0.490. The summed E-state index contributed by atoms with van der Waals surface area (Å²) in [4.78, 5) is 28.3. The standard InChI is InChI=1S/C26H42O2/c1-8-9-18(21(27)25-14-16(2)10-12-19(25)23(25,4)5)22(28)26-15-17(3)11-13-20(26)24(26,6)7/h16-20H,8-15H2,1-7H3. The molecule has 0 aromatic heterocycles. The summed E-state index contributed by atoms with van der Waals surface area (Å²) in [7, 11) is 0. The fraction of sp³-hybridized carbons (Fsp3) is 0.923. The minimum Gasteiger partial charge on any atom is -0.298 e. The van der Waals surface area contributed by atoms with Gasteiger partial charge in [0.15, 0.2) is 0 Å². The molecule has 0 saturated heterocycles. The first kappa shape index (κ1) is 20.6. The van der Waals surface area contributed by atoms with Crippen molar-refractivity contribution in [2.45, 2.75) is 99.8 Å². The lowest BCUT2D eigenvalue weighted by Crippen LogP contribution is -2.41. The number of hydrogen-bond donors (Lipinski definition) is 0. The third kappa shape index (κ3) is 2.33. The maximum atomic E-state index is 14.1. The molecule has 4 aliphatic rings. The minimum atomic E-state index is -0.353. The smallest absolute Gasteiger partial charge is 0.150 e. The number of rotatable bonds is 6. The molecule has 0 aliphatic heterocycles. The molecular formula is C26H42O2. The second kappa shape index (κ2) is 6.17. The Kier molecular flexibility index (Phi) is 4.54. The first-order chi connectivity index (χ1) is 13.0. The molecule has 4 rings (SSSR count). The van der Waals surface area contributed by atoms with Gasteiger partial charge in [-0.2, -0.15) is 0 Å². The number of hydrogen-bond acceptors (Lipinski definition) is 2. The molecule has 0 amide bonds. The van der Waals surface area contributed by atoms with E-state index in [0.29, 0.717) is 35.2 Å². The van der Waals surface area contributed by atoms with Gasteiger partial charge in [0.1, 0.15) is 11.6 Å². The van der Waals surface area contributed by atoms with Gasteiger partial charge in [-0.25, -0.2) is 0 Å². The molecule has 4 aliphatic carbocycles. The second-order valence-corrected chi connectivity index (χ2v) is 12.3. The van der Waals surface area contributed by atoms with E-state index in [4.69, 9.17) is 0 Å². The van der Waals surface area contributed by atoms with Gasteiger partial charge in [-0.1, -0.05) is 67.7 Å². The molecule has 4 fully saturated rings. The molecule has 2 heteroatoms. The Bertz CT molecular complexity index is 633. The van der Waals surface area contributed by atoms with Crippen molar-refractivity contribution in [3.63, 3.8) is 0 Å². The number of Topliss-reactive ketones (excluding diaryl/α,β-unsaturated/α-hetero) is 2. The molecule has 2 nitrogen and oxygen atoms in total. The summed E-state index contributed by atoms with van der Waals surface area (Å²) in [6, 6.07) is 0. The topological polar surface area (TPSA) is 34.1 Å². The Hall–Kier alpha value is -0.660. The largest absolute Gasteiger partial charge is 0.298 e. The zero-order valence-electron chi connectivity index (χ0n) is 19.4. The first-order valence-corrected chi connectivity index (χ1v) is 12.1. The maximum absolute atomic E-state index is 14.1. The van der Waals surface area contributed by atoms with Crippen LogP contribution in [0.15, 0.2) is 0 Å². The van der Waals surface area contributed by atoms with E-state index < -0.39 is 0 Å². The van der Waals surface area contributed by atoms with Gasteiger partial charge in [0.05, 0.1) is 5.92 Å². The van der Waals surface area contributed by atoms with Gasteiger partial charge >= 0.3 is 0 Å². The van der Waals surface area contributed by atoms with Gasteiger partial charge in [-0.15, -0.1) is 0 Å².